The normalized spacial score (nSPS) is 24.2. The number of imidazole rings is 1. The van der Waals surface area contributed by atoms with Gasteiger partial charge in [0.1, 0.15) is 11.4 Å². The molecule has 7 heteroatoms. The molecule has 2 saturated heterocycles. The Morgan fingerprint density at radius 3 is 2.48 bits per heavy atom. The number of ether oxygens (including phenoxy) is 1. The summed E-state index contributed by atoms with van der Waals surface area (Å²) < 4.78 is 7.49. The number of rotatable bonds is 3. The number of aromatic nitrogens is 2. The van der Waals surface area contributed by atoms with Crippen LogP contribution in [0.2, 0.25) is 0 Å². The number of nitrogens with zero attached hydrogens (tertiary/aromatic N) is 3. The average Bonchev–Trinajstić information content (AvgIpc) is 3.04. The van der Waals surface area contributed by atoms with Gasteiger partial charge >= 0.3 is 6.09 Å². The average molecular weight is 399 g/mol. The van der Waals surface area contributed by atoms with Crippen LogP contribution in [0.1, 0.15) is 46.9 Å². The molecule has 2 aliphatic heterocycles. The van der Waals surface area contributed by atoms with Crippen LogP contribution in [0.5, 0.6) is 0 Å². The van der Waals surface area contributed by atoms with Crippen molar-refractivity contribution in [2.24, 2.45) is 17.8 Å². The Morgan fingerprint density at radius 1 is 1.14 bits per heavy atom. The first-order valence-corrected chi connectivity index (χ1v) is 10.3. The van der Waals surface area contributed by atoms with Gasteiger partial charge in [-0.15, -0.1) is 0 Å². The molecule has 4 heterocycles. The molecule has 5 rings (SSSR count). The number of amides is 2. The third-order valence-electron chi connectivity index (χ3n) is 5.92. The summed E-state index contributed by atoms with van der Waals surface area (Å²) in [6.45, 7) is 10.7. The van der Waals surface area contributed by atoms with Crippen LogP contribution in [0.25, 0.3) is 5.52 Å². The van der Waals surface area contributed by atoms with E-state index >= 15 is 0 Å². The third kappa shape index (κ3) is 3.70. The van der Waals surface area contributed by atoms with Crippen molar-refractivity contribution in [1.82, 2.24) is 19.6 Å². The zero-order chi connectivity index (χ0) is 21.0. The molecule has 0 radical (unpaired) electrons. The van der Waals surface area contributed by atoms with Gasteiger partial charge in [0.05, 0.1) is 17.3 Å². The molecular weight excluding hydrogens is 368 g/mol. The second kappa shape index (κ2) is 6.75. The summed E-state index contributed by atoms with van der Waals surface area (Å²) in [7, 11) is 0. The van der Waals surface area contributed by atoms with Gasteiger partial charge in [0.15, 0.2) is 0 Å². The minimum Gasteiger partial charge on any atom is -0.444 e. The van der Waals surface area contributed by atoms with E-state index in [4.69, 9.17) is 4.74 Å². The molecule has 3 fully saturated rings. The molecule has 7 nitrogen and oxygen atoms in total. The summed E-state index contributed by atoms with van der Waals surface area (Å²) >= 11 is 0. The standard InChI is InChI=1S/C22H30N4O3/c1-21(2,3)29-20(28)25-12-14-10-15(13-25)17(14)18(27)24-22(4,5)19-23-11-16-8-6-7-9-26(16)19/h6-9,11,14-15,17H,10,12-13H2,1-5H3,(H,24,27)/t14-,15+,17?. The van der Waals surface area contributed by atoms with E-state index in [1.54, 1.807) is 4.90 Å². The fourth-order valence-electron chi connectivity index (χ4n) is 4.65. The zero-order valence-electron chi connectivity index (χ0n) is 17.8. The Bertz CT molecular complexity index is 931. The Morgan fingerprint density at radius 2 is 1.83 bits per heavy atom. The highest BCUT2D eigenvalue weighted by molar-refractivity contribution is 5.82. The van der Waals surface area contributed by atoms with Gasteiger partial charge in [0.2, 0.25) is 5.91 Å². The summed E-state index contributed by atoms with van der Waals surface area (Å²) in [5.74, 6) is 1.18. The zero-order valence-corrected chi connectivity index (χ0v) is 17.8. The van der Waals surface area contributed by atoms with Crippen LogP contribution < -0.4 is 5.32 Å². The number of hydrogen-bond donors (Lipinski definition) is 1. The van der Waals surface area contributed by atoms with E-state index < -0.39 is 11.1 Å². The van der Waals surface area contributed by atoms with Crippen molar-refractivity contribution in [2.45, 2.75) is 52.2 Å². The second-order valence-electron chi connectivity index (χ2n) is 9.86. The lowest BCUT2D eigenvalue weighted by Gasteiger charge is -2.52. The molecule has 0 spiro atoms. The Kier molecular flexibility index (Phi) is 4.59. The van der Waals surface area contributed by atoms with Gasteiger partial charge in [-0.25, -0.2) is 9.78 Å². The van der Waals surface area contributed by atoms with Gasteiger partial charge in [0, 0.05) is 25.2 Å². The van der Waals surface area contributed by atoms with E-state index in [0.717, 1.165) is 17.8 Å². The lowest BCUT2D eigenvalue weighted by molar-refractivity contribution is -0.143. The molecule has 156 valence electrons. The van der Waals surface area contributed by atoms with Crippen LogP contribution >= 0.6 is 0 Å². The highest BCUT2D eigenvalue weighted by Crippen LogP contribution is 2.46. The van der Waals surface area contributed by atoms with E-state index in [1.165, 1.54) is 0 Å². The van der Waals surface area contributed by atoms with Gasteiger partial charge in [-0.1, -0.05) is 6.07 Å². The second-order valence-corrected chi connectivity index (χ2v) is 9.86. The van der Waals surface area contributed by atoms with E-state index in [1.807, 2.05) is 69.6 Å². The fourth-order valence-corrected chi connectivity index (χ4v) is 4.65. The topological polar surface area (TPSA) is 75.9 Å². The lowest BCUT2D eigenvalue weighted by atomic mass is 9.61. The minimum absolute atomic E-state index is 0.0489. The van der Waals surface area contributed by atoms with Crippen molar-refractivity contribution >= 4 is 17.5 Å². The van der Waals surface area contributed by atoms with Gasteiger partial charge < -0.3 is 19.4 Å². The molecule has 1 aliphatic carbocycles. The molecule has 2 aromatic rings. The van der Waals surface area contributed by atoms with Gasteiger partial charge in [-0.2, -0.15) is 0 Å². The maximum absolute atomic E-state index is 13.1. The summed E-state index contributed by atoms with van der Waals surface area (Å²) in [6, 6.07) is 5.92. The number of nitrogens with one attached hydrogen (secondary N) is 1. The van der Waals surface area contributed by atoms with Gasteiger partial charge in [-0.05, 0) is 65.0 Å². The number of carbonyl (C=O) groups is 2. The van der Waals surface area contributed by atoms with Crippen molar-refractivity contribution in [1.29, 1.82) is 0 Å². The molecule has 2 aromatic heterocycles. The van der Waals surface area contributed by atoms with Crippen LogP contribution in [-0.2, 0) is 15.1 Å². The summed E-state index contributed by atoms with van der Waals surface area (Å²) in [6.07, 6.45) is 4.49. The highest BCUT2D eigenvalue weighted by atomic mass is 16.6. The summed E-state index contributed by atoms with van der Waals surface area (Å²) in [5.41, 5.74) is -0.107. The highest BCUT2D eigenvalue weighted by Gasteiger charge is 2.52. The Labute approximate surface area is 171 Å². The van der Waals surface area contributed by atoms with E-state index in [2.05, 4.69) is 10.3 Å². The molecule has 1 N–H and O–H groups in total. The molecule has 2 bridgehead atoms. The van der Waals surface area contributed by atoms with Crippen LogP contribution in [0.4, 0.5) is 4.79 Å². The minimum atomic E-state index is -0.598. The molecule has 29 heavy (non-hydrogen) atoms. The van der Waals surface area contributed by atoms with Crippen molar-refractivity contribution in [3.05, 3.63) is 36.4 Å². The molecule has 1 saturated carbocycles. The van der Waals surface area contributed by atoms with Crippen LogP contribution in [0.15, 0.2) is 30.6 Å². The Hall–Kier alpha value is -2.57. The van der Waals surface area contributed by atoms with Crippen LogP contribution in [-0.4, -0.2) is 45.0 Å². The summed E-state index contributed by atoms with van der Waals surface area (Å²) in [4.78, 5) is 31.8. The molecule has 2 amide bonds. The smallest absolute Gasteiger partial charge is 0.410 e. The van der Waals surface area contributed by atoms with Crippen LogP contribution in [0, 0.1) is 17.8 Å². The van der Waals surface area contributed by atoms with Crippen molar-refractivity contribution < 1.29 is 14.3 Å². The molecule has 3 atom stereocenters. The monoisotopic (exact) mass is 398 g/mol. The van der Waals surface area contributed by atoms with E-state index in [0.29, 0.717) is 13.1 Å². The molecule has 1 unspecified atom stereocenters. The van der Waals surface area contributed by atoms with Gasteiger partial charge in [-0.3, -0.25) is 4.79 Å². The quantitative estimate of drug-likeness (QED) is 0.862. The number of fused-ring (bicyclic) bond motifs is 3. The molecular formula is C22H30N4O3. The number of piperidine rings is 2. The SMILES string of the molecule is CC(C)(C)OC(=O)N1C[C@H]2C[C@@H](C1)C2C(=O)NC(C)(C)c1ncc2ccccn12. The number of hydrogen-bond acceptors (Lipinski definition) is 4. The predicted octanol–water partition coefficient (Wildman–Crippen LogP) is 3.19. The Balaban J connectivity index is 1.42. The van der Waals surface area contributed by atoms with Crippen molar-refractivity contribution in [3.8, 4) is 0 Å². The first kappa shape index (κ1) is 19.7. The lowest BCUT2D eigenvalue weighted by Crippen LogP contribution is -2.62. The molecule has 3 aliphatic rings. The van der Waals surface area contributed by atoms with Crippen molar-refractivity contribution in [3.63, 3.8) is 0 Å². The fraction of sp³-hybridized carbons (Fsp3) is 0.591. The largest absolute Gasteiger partial charge is 0.444 e. The first-order chi connectivity index (χ1) is 13.5. The number of carbonyl (C=O) groups excluding carboxylic acids is 2. The van der Waals surface area contributed by atoms with E-state index in [-0.39, 0.29) is 29.8 Å². The molecule has 0 aromatic carbocycles. The van der Waals surface area contributed by atoms with Crippen LogP contribution in [0.3, 0.4) is 0 Å². The van der Waals surface area contributed by atoms with E-state index in [9.17, 15) is 9.59 Å². The first-order valence-electron chi connectivity index (χ1n) is 10.3. The number of pyridine rings is 1. The van der Waals surface area contributed by atoms with Gasteiger partial charge in [0.25, 0.3) is 0 Å². The third-order valence-corrected chi connectivity index (χ3v) is 5.92. The maximum Gasteiger partial charge on any atom is 0.410 e. The predicted molar refractivity (Wildman–Crippen MR) is 109 cm³/mol. The van der Waals surface area contributed by atoms with Crippen molar-refractivity contribution in [2.75, 3.05) is 13.1 Å². The maximum atomic E-state index is 13.1. The summed E-state index contributed by atoms with van der Waals surface area (Å²) in [5, 5.41) is 3.21.